The molecule has 284 valence electrons. The first-order chi connectivity index (χ1) is 26.6. The van der Waals surface area contributed by atoms with Crippen molar-refractivity contribution in [2.45, 2.75) is 51.4 Å². The molecule has 0 radical (unpaired) electrons. The number of nitrogens with one attached hydrogen (secondary N) is 3. The van der Waals surface area contributed by atoms with E-state index in [2.05, 4.69) is 35.7 Å². The van der Waals surface area contributed by atoms with Crippen molar-refractivity contribution in [1.82, 2.24) is 40.4 Å². The Bertz CT molecular complexity index is 2180. The Morgan fingerprint density at radius 2 is 1.85 bits per heavy atom. The van der Waals surface area contributed by atoms with Gasteiger partial charge in [-0.15, -0.1) is 0 Å². The standard InChI is InChI=1S/C38H39ClN10O6/c1-23(21-48-11-9-31(45-48)24-3-4-25(20-40)30(39)17-24)41-35(51)32-18-26(43-44-32)22-55-16-2-10-46-12-14-47(15-13-46)27-5-6-28-29(19-27)38(54)49(37(28)53)33-7-8-34(50)42-36(33)52/h3-6,9,11,17-19,23,33H,2,7-8,10,12-16,21-22H2,1H3,(H,41,51)(H,43,44)(H,42,50,52)/t23-,33?/m0/s1. The number of aromatic amines is 1. The largest absolute Gasteiger partial charge is 0.375 e. The van der Waals surface area contributed by atoms with Gasteiger partial charge < -0.3 is 15.0 Å². The number of ether oxygens (including phenoxy) is 1. The van der Waals surface area contributed by atoms with Gasteiger partial charge in [0.2, 0.25) is 11.8 Å². The van der Waals surface area contributed by atoms with Crippen LogP contribution in [-0.2, 0) is 27.5 Å². The van der Waals surface area contributed by atoms with Crippen molar-refractivity contribution in [3.63, 3.8) is 0 Å². The molecule has 4 aromatic rings. The third-order valence-corrected chi connectivity index (χ3v) is 10.2. The zero-order chi connectivity index (χ0) is 38.6. The lowest BCUT2D eigenvalue weighted by atomic mass is 10.0. The molecular formula is C38H39ClN10O6. The number of nitrogens with zero attached hydrogens (tertiary/aromatic N) is 7. The van der Waals surface area contributed by atoms with Crippen LogP contribution in [0, 0.1) is 11.3 Å². The molecule has 0 saturated carbocycles. The first-order valence-corrected chi connectivity index (χ1v) is 18.4. The fourth-order valence-corrected chi connectivity index (χ4v) is 7.24. The molecule has 2 fully saturated rings. The number of hydrogen-bond donors (Lipinski definition) is 3. The van der Waals surface area contributed by atoms with E-state index >= 15 is 0 Å². The van der Waals surface area contributed by atoms with Crippen molar-refractivity contribution < 1.29 is 28.7 Å². The van der Waals surface area contributed by atoms with E-state index in [1.54, 1.807) is 41.1 Å². The van der Waals surface area contributed by atoms with Crippen LogP contribution in [0.15, 0.2) is 54.7 Å². The SMILES string of the molecule is C[C@@H](Cn1ccc(-c2ccc(C#N)c(Cl)c2)n1)NC(=O)c1cc(COCCCN2CCN(c3ccc4c(c3)C(=O)N(C3CCC(=O)NC3=O)C4=O)CC2)[nH]n1. The van der Waals surface area contributed by atoms with E-state index in [0.717, 1.165) is 55.3 Å². The number of aromatic nitrogens is 4. The lowest BCUT2D eigenvalue weighted by Crippen LogP contribution is -2.54. The molecule has 0 aliphatic carbocycles. The maximum atomic E-state index is 13.2. The van der Waals surface area contributed by atoms with Gasteiger partial charge in [-0.3, -0.25) is 48.9 Å². The predicted octanol–water partition coefficient (Wildman–Crippen LogP) is 2.75. The van der Waals surface area contributed by atoms with E-state index in [1.165, 1.54) is 0 Å². The second kappa shape index (κ2) is 16.2. The molecule has 3 aliphatic heterocycles. The minimum Gasteiger partial charge on any atom is -0.375 e. The van der Waals surface area contributed by atoms with Crippen molar-refractivity contribution in [2.75, 3.05) is 44.2 Å². The quantitative estimate of drug-likeness (QED) is 0.134. The third-order valence-electron chi connectivity index (χ3n) is 9.91. The summed E-state index contributed by atoms with van der Waals surface area (Å²) in [5, 5.41) is 26.2. The number of carbonyl (C=O) groups excluding carboxylic acids is 5. The molecule has 2 aromatic carbocycles. The Hall–Kier alpha value is -5.89. The smallest absolute Gasteiger partial charge is 0.272 e. The maximum Gasteiger partial charge on any atom is 0.272 e. The number of hydrogen-bond acceptors (Lipinski definition) is 11. The molecule has 0 spiro atoms. The molecule has 5 heterocycles. The first kappa shape index (κ1) is 37.4. The zero-order valence-electron chi connectivity index (χ0n) is 30.1. The number of fused-ring (bicyclic) bond motifs is 1. The van der Waals surface area contributed by atoms with Crippen LogP contribution < -0.4 is 15.5 Å². The Balaban J connectivity index is 0.802. The van der Waals surface area contributed by atoms with Crippen molar-refractivity contribution in [2.24, 2.45) is 0 Å². The topological polar surface area (TPSA) is 199 Å². The van der Waals surface area contributed by atoms with Crippen molar-refractivity contribution >= 4 is 46.8 Å². The van der Waals surface area contributed by atoms with Gasteiger partial charge in [0.05, 0.1) is 46.3 Å². The van der Waals surface area contributed by atoms with E-state index in [1.807, 2.05) is 31.3 Å². The van der Waals surface area contributed by atoms with Gasteiger partial charge in [0.25, 0.3) is 17.7 Å². The Morgan fingerprint density at radius 1 is 1.05 bits per heavy atom. The summed E-state index contributed by atoms with van der Waals surface area (Å²) in [6.07, 6.45) is 2.84. The van der Waals surface area contributed by atoms with E-state index in [9.17, 15) is 24.0 Å². The number of imide groups is 2. The van der Waals surface area contributed by atoms with Crippen LogP contribution in [0.5, 0.6) is 0 Å². The summed E-state index contributed by atoms with van der Waals surface area (Å²) in [4.78, 5) is 68.6. The Morgan fingerprint density at radius 3 is 2.62 bits per heavy atom. The van der Waals surface area contributed by atoms with E-state index in [0.29, 0.717) is 41.7 Å². The van der Waals surface area contributed by atoms with Crippen LogP contribution in [0.4, 0.5) is 5.69 Å². The summed E-state index contributed by atoms with van der Waals surface area (Å²) >= 11 is 6.17. The molecule has 2 saturated heterocycles. The van der Waals surface area contributed by atoms with Gasteiger partial charge in [0, 0.05) is 69.2 Å². The lowest BCUT2D eigenvalue weighted by Gasteiger charge is -2.36. The van der Waals surface area contributed by atoms with Gasteiger partial charge in [-0.05, 0) is 62.2 Å². The number of carbonyl (C=O) groups is 5. The molecule has 3 N–H and O–H groups in total. The molecule has 0 bridgehead atoms. The number of nitriles is 1. The number of anilines is 1. The van der Waals surface area contributed by atoms with E-state index < -0.39 is 29.7 Å². The fraction of sp³-hybridized carbons (Fsp3) is 0.368. The highest BCUT2D eigenvalue weighted by atomic mass is 35.5. The Labute approximate surface area is 321 Å². The summed E-state index contributed by atoms with van der Waals surface area (Å²) in [6, 6.07) is 14.7. The van der Waals surface area contributed by atoms with Gasteiger partial charge in [0.1, 0.15) is 17.8 Å². The summed E-state index contributed by atoms with van der Waals surface area (Å²) in [7, 11) is 0. The molecule has 1 unspecified atom stereocenters. The molecule has 2 atom stereocenters. The summed E-state index contributed by atoms with van der Waals surface area (Å²) in [5.41, 5.74) is 4.25. The fourth-order valence-electron chi connectivity index (χ4n) is 7.02. The highest BCUT2D eigenvalue weighted by Gasteiger charge is 2.44. The normalized spacial score (nSPS) is 17.9. The monoisotopic (exact) mass is 766 g/mol. The van der Waals surface area contributed by atoms with Crippen LogP contribution >= 0.6 is 11.6 Å². The minimum atomic E-state index is -0.988. The predicted molar refractivity (Wildman–Crippen MR) is 199 cm³/mol. The first-order valence-electron chi connectivity index (χ1n) is 18.1. The van der Waals surface area contributed by atoms with Gasteiger partial charge >= 0.3 is 0 Å². The number of halogens is 1. The minimum absolute atomic E-state index is 0.0785. The molecular weight excluding hydrogens is 728 g/mol. The summed E-state index contributed by atoms with van der Waals surface area (Å²) < 4.78 is 7.59. The zero-order valence-corrected chi connectivity index (χ0v) is 30.8. The Kier molecular flexibility index (Phi) is 11.0. The van der Waals surface area contributed by atoms with Gasteiger partial charge in [-0.1, -0.05) is 17.7 Å². The van der Waals surface area contributed by atoms with E-state index in [-0.39, 0.29) is 41.6 Å². The van der Waals surface area contributed by atoms with Crippen molar-refractivity contribution in [3.8, 4) is 17.3 Å². The second-order valence-corrected chi connectivity index (χ2v) is 14.2. The number of H-pyrrole nitrogens is 1. The highest BCUT2D eigenvalue weighted by molar-refractivity contribution is 6.32. The van der Waals surface area contributed by atoms with Crippen molar-refractivity contribution in [1.29, 1.82) is 5.26 Å². The molecule has 17 heteroatoms. The molecule has 2 aromatic heterocycles. The van der Waals surface area contributed by atoms with Crippen LogP contribution in [0.25, 0.3) is 11.3 Å². The average Bonchev–Trinajstić information content (AvgIpc) is 3.91. The van der Waals surface area contributed by atoms with Crippen molar-refractivity contribution in [3.05, 3.63) is 87.8 Å². The van der Waals surface area contributed by atoms with Crippen LogP contribution in [0.2, 0.25) is 5.02 Å². The number of benzene rings is 2. The number of amides is 5. The van der Waals surface area contributed by atoms with Crippen LogP contribution in [0.1, 0.15) is 68.6 Å². The average molecular weight is 767 g/mol. The van der Waals surface area contributed by atoms with E-state index in [4.69, 9.17) is 21.6 Å². The molecule has 7 rings (SSSR count). The highest BCUT2D eigenvalue weighted by Crippen LogP contribution is 2.31. The number of piperidine rings is 1. The maximum absolute atomic E-state index is 13.2. The second-order valence-electron chi connectivity index (χ2n) is 13.8. The van der Waals surface area contributed by atoms with Crippen LogP contribution in [0.3, 0.4) is 0 Å². The summed E-state index contributed by atoms with van der Waals surface area (Å²) in [5.74, 6) is -2.36. The molecule has 55 heavy (non-hydrogen) atoms. The molecule has 3 aliphatic rings. The lowest BCUT2D eigenvalue weighted by molar-refractivity contribution is -0.136. The van der Waals surface area contributed by atoms with Crippen LogP contribution in [-0.4, -0.2) is 111 Å². The third kappa shape index (κ3) is 8.29. The number of piperazine rings is 1. The molecule has 5 amide bonds. The summed E-state index contributed by atoms with van der Waals surface area (Å²) in [6.45, 7) is 7.11. The van der Waals surface area contributed by atoms with Gasteiger partial charge in [-0.2, -0.15) is 15.5 Å². The van der Waals surface area contributed by atoms with Gasteiger partial charge in [0.15, 0.2) is 0 Å². The molecule has 16 nitrogen and oxygen atoms in total. The number of rotatable bonds is 13. The van der Waals surface area contributed by atoms with Gasteiger partial charge in [-0.25, -0.2) is 0 Å².